The fraction of sp³-hybridized carbons (Fsp3) is 0.385. The molecule has 0 aliphatic heterocycles. The van der Waals surface area contributed by atoms with Crippen molar-refractivity contribution in [2.45, 2.75) is 26.8 Å². The van der Waals surface area contributed by atoms with Crippen LogP contribution in [-0.4, -0.2) is 16.5 Å². The molecule has 5 heteroatoms. The third-order valence-corrected chi connectivity index (χ3v) is 3.51. The van der Waals surface area contributed by atoms with Gasteiger partial charge >= 0.3 is 0 Å². The van der Waals surface area contributed by atoms with Crippen LogP contribution in [0.15, 0.2) is 23.8 Å². The van der Waals surface area contributed by atoms with Gasteiger partial charge in [0.25, 0.3) is 0 Å². The SMILES string of the molecule is CCCNc1ncnc(NCc2cccs2)c1C. The molecular formula is C13H18N4S. The number of aromatic nitrogens is 2. The largest absolute Gasteiger partial charge is 0.370 e. The van der Waals surface area contributed by atoms with Crippen LogP contribution in [0.4, 0.5) is 11.6 Å². The standard InChI is InChI=1S/C13H18N4S/c1-3-6-14-12-10(2)13(17-9-16-12)15-8-11-5-4-7-18-11/h4-5,7,9H,3,6,8H2,1-2H3,(H2,14,15,16,17). The molecule has 0 radical (unpaired) electrons. The van der Waals surface area contributed by atoms with Crippen molar-refractivity contribution in [2.75, 3.05) is 17.2 Å². The van der Waals surface area contributed by atoms with E-state index in [1.54, 1.807) is 17.7 Å². The van der Waals surface area contributed by atoms with E-state index < -0.39 is 0 Å². The van der Waals surface area contributed by atoms with Crippen LogP contribution in [0.25, 0.3) is 0 Å². The molecule has 2 N–H and O–H groups in total. The number of anilines is 2. The van der Waals surface area contributed by atoms with E-state index in [9.17, 15) is 0 Å². The zero-order chi connectivity index (χ0) is 12.8. The van der Waals surface area contributed by atoms with Crippen molar-refractivity contribution in [3.8, 4) is 0 Å². The summed E-state index contributed by atoms with van der Waals surface area (Å²) in [5.74, 6) is 1.82. The normalized spacial score (nSPS) is 10.3. The fourth-order valence-electron chi connectivity index (χ4n) is 1.63. The van der Waals surface area contributed by atoms with E-state index >= 15 is 0 Å². The quantitative estimate of drug-likeness (QED) is 0.839. The molecular weight excluding hydrogens is 244 g/mol. The minimum absolute atomic E-state index is 0.808. The Morgan fingerprint density at radius 3 is 2.67 bits per heavy atom. The van der Waals surface area contributed by atoms with Gasteiger partial charge in [-0.1, -0.05) is 13.0 Å². The van der Waals surface area contributed by atoms with E-state index in [4.69, 9.17) is 0 Å². The van der Waals surface area contributed by atoms with Gasteiger partial charge in [-0.2, -0.15) is 0 Å². The summed E-state index contributed by atoms with van der Waals surface area (Å²) in [7, 11) is 0. The summed E-state index contributed by atoms with van der Waals surface area (Å²) in [5.41, 5.74) is 1.07. The van der Waals surface area contributed by atoms with Gasteiger partial charge in [-0.3, -0.25) is 0 Å². The summed E-state index contributed by atoms with van der Waals surface area (Å²) >= 11 is 1.74. The molecule has 0 aliphatic carbocycles. The molecule has 2 rings (SSSR count). The van der Waals surface area contributed by atoms with Crippen LogP contribution in [0.2, 0.25) is 0 Å². The van der Waals surface area contributed by atoms with Gasteiger partial charge in [0, 0.05) is 17.0 Å². The summed E-state index contributed by atoms with van der Waals surface area (Å²) in [6.45, 7) is 5.92. The van der Waals surface area contributed by atoms with Crippen molar-refractivity contribution in [2.24, 2.45) is 0 Å². The van der Waals surface area contributed by atoms with Gasteiger partial charge in [-0.15, -0.1) is 11.3 Å². The van der Waals surface area contributed by atoms with Gasteiger partial charge in [-0.25, -0.2) is 9.97 Å². The maximum absolute atomic E-state index is 4.29. The molecule has 0 spiro atoms. The fourth-order valence-corrected chi connectivity index (χ4v) is 2.28. The van der Waals surface area contributed by atoms with Gasteiger partial charge in [0.05, 0.1) is 6.54 Å². The van der Waals surface area contributed by atoms with Crippen molar-refractivity contribution in [1.29, 1.82) is 0 Å². The second-order valence-corrected chi connectivity index (χ2v) is 5.09. The molecule has 0 aromatic carbocycles. The maximum Gasteiger partial charge on any atom is 0.134 e. The number of nitrogens with zero attached hydrogens (tertiary/aromatic N) is 2. The summed E-state index contributed by atoms with van der Waals surface area (Å²) in [4.78, 5) is 9.85. The number of hydrogen-bond donors (Lipinski definition) is 2. The molecule has 0 aliphatic rings. The first kappa shape index (κ1) is 12.8. The highest BCUT2D eigenvalue weighted by Crippen LogP contribution is 2.19. The summed E-state index contributed by atoms with van der Waals surface area (Å²) in [6.07, 6.45) is 2.68. The lowest BCUT2D eigenvalue weighted by molar-refractivity contribution is 0.957. The van der Waals surface area contributed by atoms with Crippen LogP contribution >= 0.6 is 11.3 Å². The van der Waals surface area contributed by atoms with Gasteiger partial charge in [0.2, 0.25) is 0 Å². The molecule has 18 heavy (non-hydrogen) atoms. The Kier molecular flexibility index (Phi) is 4.52. The predicted octanol–water partition coefficient (Wildman–Crippen LogP) is 3.28. The van der Waals surface area contributed by atoms with Crippen LogP contribution < -0.4 is 10.6 Å². The van der Waals surface area contributed by atoms with E-state index in [1.165, 1.54) is 4.88 Å². The molecule has 0 amide bonds. The monoisotopic (exact) mass is 262 g/mol. The first-order valence-electron chi connectivity index (χ1n) is 6.13. The molecule has 0 fully saturated rings. The molecule has 0 saturated carbocycles. The lowest BCUT2D eigenvalue weighted by atomic mass is 10.3. The molecule has 4 nitrogen and oxygen atoms in total. The average molecular weight is 262 g/mol. The Hall–Kier alpha value is -1.62. The van der Waals surface area contributed by atoms with Crippen molar-refractivity contribution < 1.29 is 0 Å². The number of rotatable bonds is 6. The van der Waals surface area contributed by atoms with Gasteiger partial charge in [0.1, 0.15) is 18.0 Å². The molecule has 0 unspecified atom stereocenters. The summed E-state index contributed by atoms with van der Waals surface area (Å²) < 4.78 is 0. The van der Waals surface area contributed by atoms with Crippen LogP contribution in [-0.2, 0) is 6.54 Å². The molecule has 2 aromatic heterocycles. The zero-order valence-corrected chi connectivity index (χ0v) is 11.5. The van der Waals surface area contributed by atoms with Crippen LogP contribution in [0.5, 0.6) is 0 Å². The van der Waals surface area contributed by atoms with Crippen LogP contribution in [0.1, 0.15) is 23.8 Å². The third kappa shape index (κ3) is 3.20. The molecule has 2 aromatic rings. The van der Waals surface area contributed by atoms with Gasteiger partial charge < -0.3 is 10.6 Å². The third-order valence-electron chi connectivity index (χ3n) is 2.64. The zero-order valence-electron chi connectivity index (χ0n) is 10.7. The Bertz CT molecular complexity index is 482. The molecule has 0 atom stereocenters. The highest BCUT2D eigenvalue weighted by Gasteiger charge is 2.06. The first-order chi connectivity index (χ1) is 8.81. The van der Waals surface area contributed by atoms with Crippen LogP contribution in [0.3, 0.4) is 0 Å². The van der Waals surface area contributed by atoms with Crippen LogP contribution in [0, 0.1) is 6.92 Å². The maximum atomic E-state index is 4.29. The minimum Gasteiger partial charge on any atom is -0.370 e. The lowest BCUT2D eigenvalue weighted by Crippen LogP contribution is -2.08. The number of nitrogens with one attached hydrogen (secondary N) is 2. The smallest absolute Gasteiger partial charge is 0.134 e. The van der Waals surface area contributed by atoms with Crippen molar-refractivity contribution in [1.82, 2.24) is 9.97 Å². The van der Waals surface area contributed by atoms with Crippen molar-refractivity contribution in [3.63, 3.8) is 0 Å². The Morgan fingerprint density at radius 1 is 1.22 bits per heavy atom. The summed E-state index contributed by atoms with van der Waals surface area (Å²) in [5, 5.41) is 8.74. The highest BCUT2D eigenvalue weighted by atomic mass is 32.1. The Labute approximate surface area is 111 Å². The highest BCUT2D eigenvalue weighted by molar-refractivity contribution is 7.09. The summed E-state index contributed by atoms with van der Waals surface area (Å²) in [6, 6.07) is 4.17. The van der Waals surface area contributed by atoms with Crippen molar-refractivity contribution in [3.05, 3.63) is 34.3 Å². The first-order valence-corrected chi connectivity index (χ1v) is 7.01. The Balaban J connectivity index is 2.03. The number of hydrogen-bond acceptors (Lipinski definition) is 5. The van der Waals surface area contributed by atoms with Gasteiger partial charge in [0.15, 0.2) is 0 Å². The number of thiophene rings is 1. The van der Waals surface area contributed by atoms with E-state index in [-0.39, 0.29) is 0 Å². The molecule has 2 heterocycles. The van der Waals surface area contributed by atoms with Gasteiger partial charge in [-0.05, 0) is 24.8 Å². The second kappa shape index (κ2) is 6.35. The Morgan fingerprint density at radius 2 is 2.00 bits per heavy atom. The average Bonchev–Trinajstić information content (AvgIpc) is 2.89. The van der Waals surface area contributed by atoms with E-state index in [2.05, 4.69) is 45.0 Å². The molecule has 0 bridgehead atoms. The minimum atomic E-state index is 0.808. The predicted molar refractivity (Wildman–Crippen MR) is 77.2 cm³/mol. The van der Waals surface area contributed by atoms with E-state index in [0.29, 0.717) is 0 Å². The molecule has 96 valence electrons. The van der Waals surface area contributed by atoms with Crippen molar-refractivity contribution >= 4 is 23.0 Å². The molecule has 0 saturated heterocycles. The topological polar surface area (TPSA) is 49.8 Å². The second-order valence-electron chi connectivity index (χ2n) is 4.06. The van der Waals surface area contributed by atoms with E-state index in [0.717, 1.165) is 36.7 Å². The van der Waals surface area contributed by atoms with E-state index in [1.807, 2.05) is 6.92 Å². The lowest BCUT2D eigenvalue weighted by Gasteiger charge is -2.11.